The molecule has 1 fully saturated rings. The Hall–Kier alpha value is -2.45. The molecule has 1 unspecified atom stereocenters. The quantitative estimate of drug-likeness (QED) is 0.702. The van der Waals surface area contributed by atoms with Crippen LogP contribution in [0, 0.1) is 6.92 Å². The number of halogens is 1. The first-order valence-corrected chi connectivity index (χ1v) is 9.43. The van der Waals surface area contributed by atoms with Crippen LogP contribution in [0.15, 0.2) is 33.6 Å². The minimum Gasteiger partial charge on any atom is -0.334 e. The first kappa shape index (κ1) is 20.3. The molecule has 28 heavy (non-hydrogen) atoms. The third-order valence-electron chi connectivity index (χ3n) is 4.99. The summed E-state index contributed by atoms with van der Waals surface area (Å²) in [6.45, 7) is 6.68. The van der Waals surface area contributed by atoms with Crippen LogP contribution in [-0.4, -0.2) is 37.6 Å². The molecule has 1 aromatic carbocycles. The largest absolute Gasteiger partial charge is 0.346 e. The Balaban J connectivity index is 0.00000225. The van der Waals surface area contributed by atoms with E-state index in [9.17, 15) is 4.79 Å². The Morgan fingerprint density at radius 3 is 2.75 bits per heavy atom. The zero-order valence-electron chi connectivity index (χ0n) is 16.1. The average molecular weight is 405 g/mol. The summed E-state index contributed by atoms with van der Waals surface area (Å²) in [4.78, 5) is 17.2. The van der Waals surface area contributed by atoms with Crippen molar-refractivity contribution in [1.82, 2.24) is 29.8 Å². The molecule has 1 saturated heterocycles. The fourth-order valence-corrected chi connectivity index (χ4v) is 3.50. The van der Waals surface area contributed by atoms with Crippen molar-refractivity contribution in [3.63, 3.8) is 0 Å². The summed E-state index contributed by atoms with van der Waals surface area (Å²) in [5.41, 5.74) is 1.90. The van der Waals surface area contributed by atoms with Gasteiger partial charge in [0.25, 0.3) is 5.89 Å². The molecule has 0 radical (unpaired) electrons. The minimum absolute atomic E-state index is 0. The summed E-state index contributed by atoms with van der Waals surface area (Å²) in [7, 11) is 0. The van der Waals surface area contributed by atoms with Crippen molar-refractivity contribution >= 4 is 12.4 Å². The number of nitrogens with zero attached hydrogens (tertiary/aromatic N) is 5. The van der Waals surface area contributed by atoms with Crippen LogP contribution in [0.2, 0.25) is 0 Å². The molecular formula is C19H25ClN6O2. The number of piperidine rings is 1. The molecule has 150 valence electrons. The molecule has 0 saturated carbocycles. The van der Waals surface area contributed by atoms with Gasteiger partial charge in [0.15, 0.2) is 5.82 Å². The Morgan fingerprint density at radius 1 is 1.29 bits per heavy atom. The van der Waals surface area contributed by atoms with Crippen LogP contribution >= 0.6 is 12.4 Å². The Labute approximate surface area is 169 Å². The van der Waals surface area contributed by atoms with E-state index in [-0.39, 0.29) is 30.6 Å². The summed E-state index contributed by atoms with van der Waals surface area (Å²) >= 11 is 0. The van der Waals surface area contributed by atoms with E-state index in [1.54, 1.807) is 4.57 Å². The van der Waals surface area contributed by atoms with E-state index < -0.39 is 0 Å². The van der Waals surface area contributed by atoms with E-state index in [4.69, 9.17) is 4.52 Å². The van der Waals surface area contributed by atoms with E-state index in [0.717, 1.165) is 37.3 Å². The van der Waals surface area contributed by atoms with Gasteiger partial charge in [-0.15, -0.1) is 12.4 Å². The Kier molecular flexibility index (Phi) is 6.31. The van der Waals surface area contributed by atoms with E-state index in [2.05, 4.69) is 20.6 Å². The monoisotopic (exact) mass is 404 g/mol. The second-order valence-electron chi connectivity index (χ2n) is 6.97. The lowest BCUT2D eigenvalue weighted by molar-refractivity contribution is 0.417. The molecule has 3 heterocycles. The topological polar surface area (TPSA) is 90.8 Å². The summed E-state index contributed by atoms with van der Waals surface area (Å²) < 4.78 is 8.55. The van der Waals surface area contributed by atoms with Gasteiger partial charge in [-0.1, -0.05) is 22.9 Å². The molecule has 0 amide bonds. The van der Waals surface area contributed by atoms with Crippen molar-refractivity contribution in [2.75, 3.05) is 13.1 Å². The second kappa shape index (κ2) is 8.70. The highest BCUT2D eigenvalue weighted by Gasteiger charge is 2.24. The molecule has 0 bridgehead atoms. The lowest BCUT2D eigenvalue weighted by atomic mass is 9.99. The van der Waals surface area contributed by atoms with Crippen molar-refractivity contribution < 1.29 is 4.52 Å². The fourth-order valence-electron chi connectivity index (χ4n) is 3.50. The molecular weight excluding hydrogens is 380 g/mol. The maximum atomic E-state index is 12.7. The van der Waals surface area contributed by atoms with Crippen LogP contribution in [-0.2, 0) is 13.1 Å². The highest BCUT2D eigenvalue weighted by molar-refractivity contribution is 5.85. The van der Waals surface area contributed by atoms with Crippen molar-refractivity contribution in [3.8, 4) is 11.5 Å². The maximum Gasteiger partial charge on any atom is 0.346 e. The lowest BCUT2D eigenvalue weighted by Crippen LogP contribution is -2.31. The van der Waals surface area contributed by atoms with Crippen LogP contribution in [0.3, 0.4) is 0 Å². The van der Waals surface area contributed by atoms with Crippen LogP contribution in [0.1, 0.15) is 42.9 Å². The first-order valence-electron chi connectivity index (χ1n) is 9.43. The van der Waals surface area contributed by atoms with Crippen LogP contribution in [0.5, 0.6) is 0 Å². The number of nitrogens with one attached hydrogen (secondary N) is 1. The van der Waals surface area contributed by atoms with Gasteiger partial charge in [-0.05, 0) is 45.4 Å². The summed E-state index contributed by atoms with van der Waals surface area (Å²) in [5.74, 6) is 2.00. The Morgan fingerprint density at radius 2 is 2.07 bits per heavy atom. The maximum absolute atomic E-state index is 12.7. The summed E-state index contributed by atoms with van der Waals surface area (Å²) in [5, 5.41) is 12.0. The standard InChI is InChI=1S/C19H24N6O2.ClH/c1-3-24-17(15-5-4-10-20-11-15)22-25(19(24)26)12-16-21-18(27-23-16)14-8-6-13(2)7-9-14;/h6-9,15,20H,3-5,10-12H2,1-2H3;1H. The van der Waals surface area contributed by atoms with Gasteiger partial charge in [-0.2, -0.15) is 10.1 Å². The SMILES string of the molecule is CCn1c(C2CCCNC2)nn(Cc2noc(-c3ccc(C)cc3)n2)c1=O.Cl. The molecule has 2 aromatic heterocycles. The third-order valence-corrected chi connectivity index (χ3v) is 4.99. The fraction of sp³-hybridized carbons (Fsp3) is 0.474. The summed E-state index contributed by atoms with van der Waals surface area (Å²) in [6, 6.07) is 7.88. The van der Waals surface area contributed by atoms with Crippen molar-refractivity contribution in [3.05, 3.63) is 52.0 Å². The number of hydrogen-bond donors (Lipinski definition) is 1. The molecule has 0 spiro atoms. The Bertz CT molecular complexity index is 969. The highest BCUT2D eigenvalue weighted by Crippen LogP contribution is 2.21. The van der Waals surface area contributed by atoms with Crippen molar-refractivity contribution in [1.29, 1.82) is 0 Å². The van der Waals surface area contributed by atoms with Crippen molar-refractivity contribution in [2.45, 2.75) is 45.7 Å². The zero-order chi connectivity index (χ0) is 18.8. The molecule has 1 aliphatic rings. The van der Waals surface area contributed by atoms with Gasteiger partial charge in [-0.25, -0.2) is 9.48 Å². The lowest BCUT2D eigenvalue weighted by Gasteiger charge is -2.21. The smallest absolute Gasteiger partial charge is 0.334 e. The molecule has 9 heteroatoms. The molecule has 3 aromatic rings. The normalized spacial score (nSPS) is 16.7. The van der Waals surface area contributed by atoms with Gasteiger partial charge in [0, 0.05) is 24.6 Å². The van der Waals surface area contributed by atoms with Gasteiger partial charge in [0.1, 0.15) is 12.4 Å². The van der Waals surface area contributed by atoms with Crippen molar-refractivity contribution in [2.24, 2.45) is 0 Å². The number of rotatable bonds is 5. The van der Waals surface area contributed by atoms with Gasteiger partial charge in [0.2, 0.25) is 0 Å². The molecule has 8 nitrogen and oxygen atoms in total. The summed E-state index contributed by atoms with van der Waals surface area (Å²) in [6.07, 6.45) is 2.14. The third kappa shape index (κ3) is 4.02. The van der Waals surface area contributed by atoms with E-state index in [1.807, 2.05) is 38.1 Å². The van der Waals surface area contributed by atoms with Crippen LogP contribution in [0.25, 0.3) is 11.5 Å². The van der Waals surface area contributed by atoms with Gasteiger partial charge < -0.3 is 9.84 Å². The number of aryl methyl sites for hydroxylation is 1. The van der Waals surface area contributed by atoms with E-state index >= 15 is 0 Å². The van der Waals surface area contributed by atoms with Gasteiger partial charge in [-0.3, -0.25) is 4.57 Å². The van der Waals surface area contributed by atoms with Crippen LogP contribution < -0.4 is 11.0 Å². The average Bonchev–Trinajstić information content (AvgIpc) is 3.28. The van der Waals surface area contributed by atoms with Crippen LogP contribution in [0.4, 0.5) is 0 Å². The molecule has 4 rings (SSSR count). The zero-order valence-corrected chi connectivity index (χ0v) is 16.9. The van der Waals surface area contributed by atoms with E-state index in [0.29, 0.717) is 18.3 Å². The molecule has 1 N–H and O–H groups in total. The molecule has 1 aliphatic heterocycles. The number of hydrogen-bond acceptors (Lipinski definition) is 6. The molecule has 0 aliphatic carbocycles. The number of benzene rings is 1. The van der Waals surface area contributed by atoms with E-state index in [1.165, 1.54) is 10.2 Å². The number of aromatic nitrogens is 5. The highest BCUT2D eigenvalue weighted by atomic mass is 35.5. The van der Waals surface area contributed by atoms with Gasteiger partial charge in [0.05, 0.1) is 0 Å². The first-order chi connectivity index (χ1) is 13.2. The van der Waals surface area contributed by atoms with Gasteiger partial charge >= 0.3 is 5.69 Å². The predicted octanol–water partition coefficient (Wildman–Crippen LogP) is 2.36. The minimum atomic E-state index is -0.125. The second-order valence-corrected chi connectivity index (χ2v) is 6.97. The predicted molar refractivity (Wildman–Crippen MR) is 108 cm³/mol. The molecule has 1 atom stereocenters.